The van der Waals surface area contributed by atoms with Crippen molar-refractivity contribution in [3.63, 3.8) is 0 Å². The van der Waals surface area contributed by atoms with E-state index in [1.807, 2.05) is 0 Å². The summed E-state index contributed by atoms with van der Waals surface area (Å²) in [6, 6.07) is 4.39. The summed E-state index contributed by atoms with van der Waals surface area (Å²) in [5.74, 6) is 0. The summed E-state index contributed by atoms with van der Waals surface area (Å²) in [6.45, 7) is -0.0554. The fourth-order valence-corrected chi connectivity index (χ4v) is 1.26. The van der Waals surface area contributed by atoms with Gasteiger partial charge in [-0.2, -0.15) is 4.74 Å². The first-order chi connectivity index (χ1) is 6.20. The third-order valence-corrected chi connectivity index (χ3v) is 1.81. The Bertz CT molecular complexity index is 494. The Morgan fingerprint density at radius 3 is 3.00 bits per heavy atom. The van der Waals surface area contributed by atoms with Gasteiger partial charge in [0.2, 0.25) is 6.67 Å². The SMILES string of the molecule is O=[N+]([O-])c1cccc2c1=[N+]([O-])CN=2. The van der Waals surface area contributed by atoms with Gasteiger partial charge in [-0.1, -0.05) is 6.07 Å². The molecule has 0 N–H and O–H groups in total. The number of rotatable bonds is 1. The molecule has 0 bridgehead atoms. The molecule has 0 aliphatic carbocycles. The van der Waals surface area contributed by atoms with Crippen LogP contribution in [0.25, 0.3) is 0 Å². The predicted molar refractivity (Wildman–Crippen MR) is 43.3 cm³/mol. The fraction of sp³-hybridized carbons (Fsp3) is 0.143. The highest BCUT2D eigenvalue weighted by molar-refractivity contribution is 5.29. The summed E-state index contributed by atoms with van der Waals surface area (Å²) in [5.41, 5.74) is -0.186. The van der Waals surface area contributed by atoms with Gasteiger partial charge in [-0.15, -0.1) is 0 Å². The zero-order valence-corrected chi connectivity index (χ0v) is 6.51. The number of nitro benzene ring substituents is 1. The average Bonchev–Trinajstić information content (AvgIpc) is 2.48. The topological polar surface area (TPSA) is 81.6 Å². The van der Waals surface area contributed by atoms with Crippen LogP contribution in [-0.2, 0) is 0 Å². The molecule has 0 radical (unpaired) electrons. The molecular weight excluding hydrogens is 174 g/mol. The molecule has 0 saturated carbocycles. The number of hydroxylamine groups is 1. The first-order valence-corrected chi connectivity index (χ1v) is 3.60. The van der Waals surface area contributed by atoms with Gasteiger partial charge in [-0.05, 0) is 6.07 Å². The van der Waals surface area contributed by atoms with Crippen molar-refractivity contribution in [1.82, 2.24) is 4.74 Å². The first-order valence-electron chi connectivity index (χ1n) is 3.60. The standard InChI is InChI=1S/C7H5N3O3/c11-9-4-8-5-2-1-3-6(7(5)9)10(12)13/h1-3H,4H2. The van der Waals surface area contributed by atoms with E-state index in [-0.39, 0.29) is 17.7 Å². The summed E-state index contributed by atoms with van der Waals surface area (Å²) in [7, 11) is 0. The van der Waals surface area contributed by atoms with Gasteiger partial charge >= 0.3 is 11.0 Å². The number of para-hydroxylation sites is 1. The molecule has 1 aromatic carbocycles. The summed E-state index contributed by atoms with van der Waals surface area (Å²) >= 11 is 0. The highest BCUT2D eigenvalue weighted by Crippen LogP contribution is 1.99. The van der Waals surface area contributed by atoms with Crippen molar-refractivity contribution in [3.8, 4) is 0 Å². The molecule has 0 amide bonds. The highest BCUT2D eigenvalue weighted by Gasteiger charge is 2.19. The fourth-order valence-electron chi connectivity index (χ4n) is 1.26. The van der Waals surface area contributed by atoms with Crippen LogP contribution >= 0.6 is 0 Å². The molecule has 66 valence electrons. The van der Waals surface area contributed by atoms with Crippen LogP contribution < -0.4 is 15.5 Å². The van der Waals surface area contributed by atoms with Crippen molar-refractivity contribution >= 4 is 5.69 Å². The van der Waals surface area contributed by atoms with Crippen LogP contribution in [0.5, 0.6) is 0 Å². The van der Waals surface area contributed by atoms with Crippen molar-refractivity contribution in [2.45, 2.75) is 0 Å². The summed E-state index contributed by atoms with van der Waals surface area (Å²) in [4.78, 5) is 13.8. The highest BCUT2D eigenvalue weighted by atomic mass is 16.6. The van der Waals surface area contributed by atoms with E-state index in [4.69, 9.17) is 0 Å². The van der Waals surface area contributed by atoms with Gasteiger partial charge in [0.15, 0.2) is 0 Å². The zero-order valence-electron chi connectivity index (χ0n) is 6.51. The van der Waals surface area contributed by atoms with Crippen molar-refractivity contribution < 1.29 is 4.92 Å². The van der Waals surface area contributed by atoms with Crippen LogP contribution in [-0.4, -0.2) is 11.6 Å². The van der Waals surface area contributed by atoms with Crippen LogP contribution in [0.4, 0.5) is 5.69 Å². The Morgan fingerprint density at radius 1 is 1.54 bits per heavy atom. The maximum absolute atomic E-state index is 11.1. The smallest absolute Gasteiger partial charge is 0.343 e. The minimum atomic E-state index is -0.579. The third-order valence-electron chi connectivity index (χ3n) is 1.81. The molecule has 6 heteroatoms. The van der Waals surface area contributed by atoms with Crippen molar-refractivity contribution in [1.29, 1.82) is 0 Å². The van der Waals surface area contributed by atoms with Crippen LogP contribution in [0.2, 0.25) is 0 Å². The van der Waals surface area contributed by atoms with Crippen LogP contribution in [0.3, 0.4) is 0 Å². The van der Waals surface area contributed by atoms with E-state index >= 15 is 0 Å². The monoisotopic (exact) mass is 179 g/mol. The molecule has 1 heterocycles. The molecular formula is C7H5N3O3. The zero-order chi connectivity index (χ0) is 9.42. The molecule has 13 heavy (non-hydrogen) atoms. The first kappa shape index (κ1) is 7.66. The molecule has 1 aliphatic heterocycles. The Kier molecular flexibility index (Phi) is 1.48. The molecule has 1 aromatic rings. The van der Waals surface area contributed by atoms with Crippen LogP contribution in [0.1, 0.15) is 0 Å². The number of non-ortho nitro benzene ring substituents is 1. The van der Waals surface area contributed by atoms with E-state index in [9.17, 15) is 15.3 Å². The number of benzene rings is 1. The maximum atomic E-state index is 11.1. The quantitative estimate of drug-likeness (QED) is 0.244. The molecule has 2 rings (SSSR count). The molecule has 1 aliphatic rings. The minimum absolute atomic E-state index is 0.0554. The number of fused-ring (bicyclic) bond motifs is 1. The molecule has 6 nitrogen and oxygen atoms in total. The summed E-state index contributed by atoms with van der Waals surface area (Å²) in [6.07, 6.45) is 0. The van der Waals surface area contributed by atoms with E-state index in [1.54, 1.807) is 6.07 Å². The predicted octanol–water partition coefficient (Wildman–Crippen LogP) is -0.826. The summed E-state index contributed by atoms with van der Waals surface area (Å²) in [5, 5.41) is 22.1. The van der Waals surface area contributed by atoms with Gasteiger partial charge in [-0.3, -0.25) is 10.1 Å². The lowest BCUT2D eigenvalue weighted by atomic mass is 10.3. The lowest BCUT2D eigenvalue weighted by Gasteiger charge is -1.93. The van der Waals surface area contributed by atoms with E-state index < -0.39 is 4.92 Å². The Hall–Kier alpha value is -1.98. The molecule has 0 saturated heterocycles. The molecule has 0 aromatic heterocycles. The van der Waals surface area contributed by atoms with Crippen molar-refractivity contribution in [3.05, 3.63) is 44.2 Å². The largest absolute Gasteiger partial charge is 0.622 e. The van der Waals surface area contributed by atoms with Gasteiger partial charge in [-0.25, -0.2) is 4.99 Å². The number of hydrogen-bond acceptors (Lipinski definition) is 4. The van der Waals surface area contributed by atoms with E-state index in [0.717, 1.165) is 0 Å². The summed E-state index contributed by atoms with van der Waals surface area (Å²) < 4.78 is 0.521. The maximum Gasteiger partial charge on any atom is 0.343 e. The Morgan fingerprint density at radius 2 is 2.31 bits per heavy atom. The van der Waals surface area contributed by atoms with Crippen molar-refractivity contribution in [2.24, 2.45) is 4.99 Å². The molecule has 0 spiro atoms. The molecule has 0 fully saturated rings. The number of hydrogen-bond donors (Lipinski definition) is 0. The van der Waals surface area contributed by atoms with E-state index in [1.165, 1.54) is 12.1 Å². The van der Waals surface area contributed by atoms with Crippen molar-refractivity contribution in [2.75, 3.05) is 6.67 Å². The number of nitro groups is 1. The normalized spacial score (nSPS) is 13.7. The van der Waals surface area contributed by atoms with E-state index in [2.05, 4.69) is 4.99 Å². The van der Waals surface area contributed by atoms with E-state index in [0.29, 0.717) is 10.1 Å². The second kappa shape index (κ2) is 2.51. The third kappa shape index (κ3) is 1.03. The Labute approximate surface area is 72.2 Å². The van der Waals surface area contributed by atoms with Crippen LogP contribution in [0.15, 0.2) is 23.2 Å². The molecule has 0 atom stereocenters. The average molecular weight is 179 g/mol. The van der Waals surface area contributed by atoms with Gasteiger partial charge in [0.05, 0.1) is 4.92 Å². The lowest BCUT2D eigenvalue weighted by molar-refractivity contribution is -0.386. The second-order valence-corrected chi connectivity index (χ2v) is 2.58. The lowest BCUT2D eigenvalue weighted by Crippen LogP contribution is -2.32. The van der Waals surface area contributed by atoms with Gasteiger partial charge in [0.25, 0.3) is 0 Å². The molecule has 0 unspecified atom stereocenters. The Balaban J connectivity index is 2.91. The van der Waals surface area contributed by atoms with Gasteiger partial charge in [0, 0.05) is 6.07 Å². The van der Waals surface area contributed by atoms with Crippen LogP contribution in [0, 0.1) is 15.3 Å². The van der Waals surface area contributed by atoms with Gasteiger partial charge in [0.1, 0.15) is 5.36 Å². The van der Waals surface area contributed by atoms with Gasteiger partial charge < -0.3 is 5.21 Å². The number of nitrogens with zero attached hydrogens (tertiary/aromatic N) is 3. The second-order valence-electron chi connectivity index (χ2n) is 2.58. The minimum Gasteiger partial charge on any atom is -0.622 e.